The van der Waals surface area contributed by atoms with E-state index in [4.69, 9.17) is 11.1 Å². The normalized spacial score (nSPS) is 23.6. The molecule has 1 fully saturated rings. The highest BCUT2D eigenvalue weighted by atomic mass is 15.1. The zero-order valence-corrected chi connectivity index (χ0v) is 9.26. The number of piperidine rings is 1. The van der Waals surface area contributed by atoms with Crippen molar-refractivity contribution in [1.29, 1.82) is 5.41 Å². The Balaban J connectivity index is 2.14. The first kappa shape index (κ1) is 11.5. The number of nitrogens with two attached hydrogens (primary N) is 1. The monoisotopic (exact) mass is 197 g/mol. The van der Waals surface area contributed by atoms with E-state index in [1.807, 2.05) is 0 Å². The molecule has 0 aromatic heterocycles. The van der Waals surface area contributed by atoms with Crippen molar-refractivity contribution in [2.75, 3.05) is 19.6 Å². The van der Waals surface area contributed by atoms with E-state index >= 15 is 0 Å². The van der Waals surface area contributed by atoms with Gasteiger partial charge < -0.3 is 10.6 Å². The lowest BCUT2D eigenvalue weighted by molar-refractivity contribution is 0.171. The molecule has 1 aliphatic heterocycles. The van der Waals surface area contributed by atoms with Crippen molar-refractivity contribution in [3.8, 4) is 0 Å². The van der Waals surface area contributed by atoms with E-state index in [1.165, 1.54) is 32.4 Å². The summed E-state index contributed by atoms with van der Waals surface area (Å²) in [6.45, 7) is 5.91. The van der Waals surface area contributed by atoms with Gasteiger partial charge in [0, 0.05) is 13.0 Å². The van der Waals surface area contributed by atoms with Gasteiger partial charge in [-0.25, -0.2) is 0 Å². The zero-order chi connectivity index (χ0) is 10.4. The summed E-state index contributed by atoms with van der Waals surface area (Å²) in [7, 11) is 0. The van der Waals surface area contributed by atoms with E-state index in [0.29, 0.717) is 5.84 Å². The average molecular weight is 197 g/mol. The Kier molecular flexibility index (Phi) is 4.94. The van der Waals surface area contributed by atoms with Crippen LogP contribution in [0.4, 0.5) is 0 Å². The van der Waals surface area contributed by atoms with Crippen LogP contribution in [0.25, 0.3) is 0 Å². The summed E-state index contributed by atoms with van der Waals surface area (Å²) < 4.78 is 0. The predicted octanol–water partition coefficient (Wildman–Crippen LogP) is 1.82. The van der Waals surface area contributed by atoms with Gasteiger partial charge in [0.05, 0.1) is 5.84 Å². The third kappa shape index (κ3) is 4.09. The predicted molar refractivity (Wildman–Crippen MR) is 60.6 cm³/mol. The molecule has 3 heteroatoms. The lowest BCUT2D eigenvalue weighted by Crippen LogP contribution is -2.36. The summed E-state index contributed by atoms with van der Waals surface area (Å²) in [5.41, 5.74) is 5.33. The maximum atomic E-state index is 7.15. The van der Waals surface area contributed by atoms with Crippen LogP contribution in [0.2, 0.25) is 0 Å². The highest BCUT2D eigenvalue weighted by Crippen LogP contribution is 2.19. The molecule has 1 heterocycles. The van der Waals surface area contributed by atoms with Crippen LogP contribution in [0.1, 0.15) is 39.0 Å². The van der Waals surface area contributed by atoms with Gasteiger partial charge in [-0.1, -0.05) is 13.3 Å². The minimum atomic E-state index is 0.328. The smallest absolute Gasteiger partial charge is 0.0905 e. The molecule has 1 aliphatic rings. The quantitative estimate of drug-likeness (QED) is 0.522. The topological polar surface area (TPSA) is 53.1 Å². The number of likely N-dealkylation sites (tertiary alicyclic amines) is 1. The van der Waals surface area contributed by atoms with Crippen molar-refractivity contribution in [1.82, 2.24) is 4.90 Å². The molecule has 0 saturated carbocycles. The van der Waals surface area contributed by atoms with Crippen LogP contribution in [-0.4, -0.2) is 30.4 Å². The number of hydrogen-bond acceptors (Lipinski definition) is 2. The molecule has 0 amide bonds. The molecule has 1 unspecified atom stereocenters. The molecule has 82 valence electrons. The van der Waals surface area contributed by atoms with E-state index in [2.05, 4.69) is 11.8 Å². The molecule has 0 spiro atoms. The summed E-state index contributed by atoms with van der Waals surface area (Å²) in [5.74, 6) is 1.23. The van der Waals surface area contributed by atoms with Crippen molar-refractivity contribution < 1.29 is 0 Å². The Hall–Kier alpha value is -0.570. The molecule has 0 bridgehead atoms. The molecule has 0 aromatic rings. The van der Waals surface area contributed by atoms with Gasteiger partial charge in [0.2, 0.25) is 0 Å². The van der Waals surface area contributed by atoms with Crippen molar-refractivity contribution >= 4 is 5.84 Å². The molecule has 14 heavy (non-hydrogen) atoms. The Bertz CT molecular complexity index is 179. The number of nitrogens with zero attached hydrogens (tertiary/aromatic N) is 1. The third-order valence-corrected chi connectivity index (χ3v) is 3.10. The molecule has 1 atom stereocenters. The Morgan fingerprint density at radius 3 is 3.00 bits per heavy atom. The van der Waals surface area contributed by atoms with Crippen LogP contribution in [-0.2, 0) is 0 Å². The molecule has 1 saturated heterocycles. The summed E-state index contributed by atoms with van der Waals surface area (Å²) >= 11 is 0. The maximum Gasteiger partial charge on any atom is 0.0905 e. The molecule has 0 aromatic carbocycles. The fraction of sp³-hybridized carbons (Fsp3) is 0.909. The molecular formula is C11H23N3. The van der Waals surface area contributed by atoms with Crippen LogP contribution < -0.4 is 5.73 Å². The number of amidine groups is 1. The molecule has 3 nitrogen and oxygen atoms in total. The largest absolute Gasteiger partial charge is 0.388 e. The van der Waals surface area contributed by atoms with Gasteiger partial charge in [-0.3, -0.25) is 5.41 Å². The van der Waals surface area contributed by atoms with Gasteiger partial charge in [0.1, 0.15) is 0 Å². The second-order valence-corrected chi connectivity index (χ2v) is 4.35. The molecule has 3 N–H and O–H groups in total. The van der Waals surface area contributed by atoms with E-state index < -0.39 is 0 Å². The van der Waals surface area contributed by atoms with Crippen molar-refractivity contribution in [2.45, 2.75) is 39.0 Å². The van der Waals surface area contributed by atoms with Gasteiger partial charge in [-0.2, -0.15) is 0 Å². The first-order valence-electron chi connectivity index (χ1n) is 5.77. The van der Waals surface area contributed by atoms with Gasteiger partial charge in [-0.05, 0) is 38.3 Å². The van der Waals surface area contributed by atoms with E-state index in [-0.39, 0.29) is 0 Å². The van der Waals surface area contributed by atoms with Crippen LogP contribution in [0.15, 0.2) is 0 Å². The standard InChI is InChI=1S/C11H23N3/c1-2-10-5-3-7-14(9-10)8-4-6-11(12)13/h10H,2-9H2,1H3,(H3,12,13). The second kappa shape index (κ2) is 6.02. The summed E-state index contributed by atoms with van der Waals surface area (Å²) in [6, 6.07) is 0. The fourth-order valence-electron chi connectivity index (χ4n) is 2.18. The lowest BCUT2D eigenvalue weighted by atomic mass is 9.95. The van der Waals surface area contributed by atoms with Crippen LogP contribution in [0.5, 0.6) is 0 Å². The number of hydrogen-bond donors (Lipinski definition) is 2. The Labute approximate surface area is 87.2 Å². The van der Waals surface area contributed by atoms with E-state index in [0.717, 1.165) is 25.3 Å². The van der Waals surface area contributed by atoms with Gasteiger partial charge in [0.25, 0.3) is 0 Å². The van der Waals surface area contributed by atoms with Gasteiger partial charge >= 0.3 is 0 Å². The first-order valence-corrected chi connectivity index (χ1v) is 5.77. The zero-order valence-electron chi connectivity index (χ0n) is 9.26. The second-order valence-electron chi connectivity index (χ2n) is 4.35. The van der Waals surface area contributed by atoms with Crippen molar-refractivity contribution in [3.63, 3.8) is 0 Å². The summed E-state index contributed by atoms with van der Waals surface area (Å²) in [5, 5.41) is 7.15. The minimum absolute atomic E-state index is 0.328. The fourth-order valence-corrected chi connectivity index (χ4v) is 2.18. The molecule has 0 aliphatic carbocycles. The summed E-state index contributed by atoms with van der Waals surface area (Å²) in [6.07, 6.45) is 5.86. The van der Waals surface area contributed by atoms with Crippen LogP contribution >= 0.6 is 0 Å². The van der Waals surface area contributed by atoms with Crippen molar-refractivity contribution in [3.05, 3.63) is 0 Å². The minimum Gasteiger partial charge on any atom is -0.388 e. The average Bonchev–Trinajstić information content (AvgIpc) is 2.18. The first-order chi connectivity index (χ1) is 6.72. The molecule has 1 rings (SSSR count). The SMILES string of the molecule is CCC1CCCN(CCCC(=N)N)C1. The van der Waals surface area contributed by atoms with Crippen LogP contribution in [0.3, 0.4) is 0 Å². The number of nitrogens with one attached hydrogen (secondary N) is 1. The van der Waals surface area contributed by atoms with Crippen molar-refractivity contribution in [2.24, 2.45) is 11.7 Å². The Morgan fingerprint density at radius 1 is 1.57 bits per heavy atom. The highest BCUT2D eigenvalue weighted by Gasteiger charge is 2.17. The Morgan fingerprint density at radius 2 is 2.36 bits per heavy atom. The third-order valence-electron chi connectivity index (χ3n) is 3.10. The van der Waals surface area contributed by atoms with E-state index in [1.54, 1.807) is 0 Å². The molecular weight excluding hydrogens is 174 g/mol. The maximum absolute atomic E-state index is 7.15. The highest BCUT2D eigenvalue weighted by molar-refractivity contribution is 5.76. The van der Waals surface area contributed by atoms with Gasteiger partial charge in [-0.15, -0.1) is 0 Å². The molecule has 0 radical (unpaired) electrons. The number of rotatable bonds is 5. The van der Waals surface area contributed by atoms with Crippen LogP contribution in [0, 0.1) is 11.3 Å². The van der Waals surface area contributed by atoms with E-state index in [9.17, 15) is 0 Å². The summed E-state index contributed by atoms with van der Waals surface area (Å²) in [4.78, 5) is 2.53. The van der Waals surface area contributed by atoms with Gasteiger partial charge in [0.15, 0.2) is 0 Å². The lowest BCUT2D eigenvalue weighted by Gasteiger charge is -2.32.